The highest BCUT2D eigenvalue weighted by Gasteiger charge is 2.13. The Morgan fingerprint density at radius 1 is 1.29 bits per heavy atom. The number of hydrogen-bond donors (Lipinski definition) is 2. The quantitative estimate of drug-likeness (QED) is 0.647. The lowest BCUT2D eigenvalue weighted by Crippen LogP contribution is -2.08. The molecule has 3 N–H and O–H groups in total. The van der Waals surface area contributed by atoms with Gasteiger partial charge in [0.05, 0.1) is 17.1 Å². The van der Waals surface area contributed by atoms with Gasteiger partial charge in [-0.1, -0.05) is 0 Å². The fourth-order valence-corrected chi connectivity index (χ4v) is 2.14. The van der Waals surface area contributed by atoms with E-state index in [2.05, 4.69) is 21.2 Å². The molecule has 0 amide bonds. The predicted octanol–water partition coefficient (Wildman–Crippen LogP) is 4.01. The van der Waals surface area contributed by atoms with Gasteiger partial charge in [0.15, 0.2) is 0 Å². The number of nitrogens with two attached hydrogens (primary N) is 1. The Bertz CT molecular complexity index is 704. The minimum Gasteiger partial charge on any atom is -0.465 e. The molecule has 0 spiro atoms. The van der Waals surface area contributed by atoms with Gasteiger partial charge in [-0.05, 0) is 58.7 Å². The third-order valence-electron chi connectivity index (χ3n) is 3.00. The zero-order chi connectivity index (χ0) is 15.6. The minimum absolute atomic E-state index is 0.276. The van der Waals surface area contributed by atoms with Crippen LogP contribution in [0.15, 0.2) is 34.8 Å². The largest absolute Gasteiger partial charge is 0.465 e. The fourth-order valence-electron chi connectivity index (χ4n) is 1.89. The SMILES string of the molecule is COC(=O)c1cc(Nc2ccc(Br)c(F)c2)cc(C)c1N. The third-order valence-corrected chi connectivity index (χ3v) is 3.64. The van der Waals surface area contributed by atoms with Crippen molar-refractivity contribution in [3.8, 4) is 0 Å². The number of benzene rings is 2. The molecule has 0 aliphatic rings. The van der Waals surface area contributed by atoms with E-state index < -0.39 is 5.97 Å². The van der Waals surface area contributed by atoms with Crippen molar-refractivity contribution in [3.05, 3.63) is 51.7 Å². The highest BCUT2D eigenvalue weighted by molar-refractivity contribution is 9.10. The van der Waals surface area contributed by atoms with Crippen LogP contribution in [0.5, 0.6) is 0 Å². The third kappa shape index (κ3) is 3.33. The average molecular weight is 353 g/mol. The molecule has 0 heterocycles. The van der Waals surface area contributed by atoms with Crippen molar-refractivity contribution < 1.29 is 13.9 Å². The van der Waals surface area contributed by atoms with Crippen LogP contribution in [0.1, 0.15) is 15.9 Å². The molecule has 0 aromatic heterocycles. The second kappa shape index (κ2) is 6.13. The first-order valence-electron chi connectivity index (χ1n) is 6.13. The number of anilines is 3. The highest BCUT2D eigenvalue weighted by Crippen LogP contribution is 2.27. The minimum atomic E-state index is -0.513. The molecule has 0 unspecified atom stereocenters. The molecule has 0 atom stereocenters. The average Bonchev–Trinajstić information content (AvgIpc) is 2.45. The van der Waals surface area contributed by atoms with E-state index in [1.807, 2.05) is 0 Å². The molecule has 0 aliphatic heterocycles. The van der Waals surface area contributed by atoms with Crippen molar-refractivity contribution in [3.63, 3.8) is 0 Å². The molecular weight excluding hydrogens is 339 g/mol. The number of nitrogens with one attached hydrogen (secondary N) is 1. The van der Waals surface area contributed by atoms with E-state index in [9.17, 15) is 9.18 Å². The Morgan fingerprint density at radius 3 is 2.62 bits per heavy atom. The zero-order valence-electron chi connectivity index (χ0n) is 11.5. The fraction of sp³-hybridized carbons (Fsp3) is 0.133. The molecule has 0 aliphatic carbocycles. The number of hydrogen-bond acceptors (Lipinski definition) is 4. The molecule has 21 heavy (non-hydrogen) atoms. The van der Waals surface area contributed by atoms with Crippen molar-refractivity contribution in [2.75, 3.05) is 18.2 Å². The molecule has 6 heteroatoms. The Labute approximate surface area is 130 Å². The van der Waals surface area contributed by atoms with Crippen molar-refractivity contribution in [1.82, 2.24) is 0 Å². The summed E-state index contributed by atoms with van der Waals surface area (Å²) in [4.78, 5) is 11.7. The summed E-state index contributed by atoms with van der Waals surface area (Å²) < 4.78 is 18.6. The van der Waals surface area contributed by atoms with Gasteiger partial charge in [-0.2, -0.15) is 0 Å². The maximum Gasteiger partial charge on any atom is 0.340 e. The smallest absolute Gasteiger partial charge is 0.340 e. The number of nitrogen functional groups attached to an aromatic ring is 1. The molecule has 0 saturated heterocycles. The first-order chi connectivity index (χ1) is 9.92. The van der Waals surface area contributed by atoms with Crippen LogP contribution in [0.3, 0.4) is 0 Å². The van der Waals surface area contributed by atoms with Crippen LogP contribution < -0.4 is 11.1 Å². The Morgan fingerprint density at radius 2 is 2.00 bits per heavy atom. The molecular formula is C15H14BrFN2O2. The lowest BCUT2D eigenvalue weighted by Gasteiger charge is -2.12. The molecule has 2 rings (SSSR count). The second-order valence-electron chi connectivity index (χ2n) is 4.50. The van der Waals surface area contributed by atoms with Gasteiger partial charge in [0.2, 0.25) is 0 Å². The maximum atomic E-state index is 13.5. The highest BCUT2D eigenvalue weighted by atomic mass is 79.9. The van der Waals surface area contributed by atoms with E-state index in [0.717, 1.165) is 5.56 Å². The van der Waals surface area contributed by atoms with Crippen molar-refractivity contribution >= 4 is 39.0 Å². The molecule has 2 aromatic rings. The van der Waals surface area contributed by atoms with E-state index in [1.165, 1.54) is 13.2 Å². The molecule has 0 saturated carbocycles. The monoisotopic (exact) mass is 352 g/mol. The number of methoxy groups -OCH3 is 1. The molecule has 2 aromatic carbocycles. The Balaban J connectivity index is 2.38. The summed E-state index contributed by atoms with van der Waals surface area (Å²) in [5.41, 5.74) is 8.44. The van der Waals surface area contributed by atoms with Crippen LogP contribution >= 0.6 is 15.9 Å². The molecule has 0 fully saturated rings. The van der Waals surface area contributed by atoms with Crippen LogP contribution in [0.2, 0.25) is 0 Å². The van der Waals surface area contributed by atoms with Crippen LogP contribution in [0.25, 0.3) is 0 Å². The number of esters is 1. The summed E-state index contributed by atoms with van der Waals surface area (Å²) in [6, 6.07) is 8.03. The van der Waals surface area contributed by atoms with Gasteiger partial charge < -0.3 is 15.8 Å². The van der Waals surface area contributed by atoms with Gasteiger partial charge in [0.1, 0.15) is 5.82 Å². The number of rotatable bonds is 3. The van der Waals surface area contributed by atoms with Crippen molar-refractivity contribution in [1.29, 1.82) is 0 Å². The lowest BCUT2D eigenvalue weighted by atomic mass is 10.1. The van der Waals surface area contributed by atoms with Crippen LogP contribution in [0.4, 0.5) is 21.5 Å². The van der Waals surface area contributed by atoms with Crippen molar-refractivity contribution in [2.45, 2.75) is 6.92 Å². The predicted molar refractivity (Wildman–Crippen MR) is 84.3 cm³/mol. The second-order valence-corrected chi connectivity index (χ2v) is 5.35. The molecule has 4 nitrogen and oxygen atoms in total. The van der Waals surface area contributed by atoms with Crippen LogP contribution in [-0.4, -0.2) is 13.1 Å². The Kier molecular flexibility index (Phi) is 4.47. The van der Waals surface area contributed by atoms with E-state index in [4.69, 9.17) is 10.5 Å². The number of aryl methyl sites for hydroxylation is 1. The van der Waals surface area contributed by atoms with Crippen LogP contribution in [0, 0.1) is 12.7 Å². The number of carbonyl (C=O) groups excluding carboxylic acids is 1. The summed E-state index contributed by atoms with van der Waals surface area (Å²) in [6.07, 6.45) is 0. The van der Waals surface area contributed by atoms with Gasteiger partial charge in [-0.3, -0.25) is 0 Å². The summed E-state index contributed by atoms with van der Waals surface area (Å²) in [7, 11) is 1.29. The molecule has 0 radical (unpaired) electrons. The van der Waals surface area contributed by atoms with Crippen LogP contribution in [-0.2, 0) is 4.74 Å². The maximum absolute atomic E-state index is 13.5. The van der Waals surface area contributed by atoms with E-state index >= 15 is 0 Å². The van der Waals surface area contributed by atoms with Gasteiger partial charge >= 0.3 is 5.97 Å². The number of halogens is 2. The van der Waals surface area contributed by atoms with Crippen molar-refractivity contribution in [2.24, 2.45) is 0 Å². The van der Waals surface area contributed by atoms with E-state index in [0.29, 0.717) is 21.5 Å². The molecule has 0 bridgehead atoms. The summed E-state index contributed by atoms with van der Waals surface area (Å²) >= 11 is 3.10. The first-order valence-corrected chi connectivity index (χ1v) is 6.92. The standard InChI is InChI=1S/C15H14BrFN2O2/c1-8-5-10(6-11(14(8)18)15(20)21-2)19-9-3-4-12(16)13(17)7-9/h3-7,19H,18H2,1-2H3. The van der Waals surface area contributed by atoms with Gasteiger partial charge in [0, 0.05) is 17.1 Å². The molecule has 110 valence electrons. The number of carbonyl (C=O) groups is 1. The zero-order valence-corrected chi connectivity index (χ0v) is 13.1. The summed E-state index contributed by atoms with van der Waals surface area (Å²) in [5, 5.41) is 3.04. The topological polar surface area (TPSA) is 64.3 Å². The van der Waals surface area contributed by atoms with Gasteiger partial charge in [-0.25, -0.2) is 9.18 Å². The summed E-state index contributed by atoms with van der Waals surface area (Å²) in [6.45, 7) is 1.79. The lowest BCUT2D eigenvalue weighted by molar-refractivity contribution is 0.0602. The first kappa shape index (κ1) is 15.3. The van der Waals surface area contributed by atoms with Gasteiger partial charge in [-0.15, -0.1) is 0 Å². The van der Waals surface area contributed by atoms with Gasteiger partial charge in [0.25, 0.3) is 0 Å². The Hall–Kier alpha value is -2.08. The number of ether oxygens (including phenoxy) is 1. The van der Waals surface area contributed by atoms with E-state index in [1.54, 1.807) is 31.2 Å². The van der Waals surface area contributed by atoms with E-state index in [-0.39, 0.29) is 11.4 Å². The summed E-state index contributed by atoms with van der Waals surface area (Å²) in [5.74, 6) is -0.887. The normalized spacial score (nSPS) is 10.3.